The monoisotopic (exact) mass is 246 g/mol. The van der Waals surface area contributed by atoms with Crippen LogP contribution >= 0.6 is 11.6 Å². The lowest BCUT2D eigenvalue weighted by Gasteiger charge is -2.34. The lowest BCUT2D eigenvalue weighted by molar-refractivity contribution is 0.172. The smallest absolute Gasteiger partial charge is 0.0240 e. The highest BCUT2D eigenvalue weighted by Gasteiger charge is 2.20. The van der Waals surface area contributed by atoms with Crippen LogP contribution in [0.15, 0.2) is 0 Å². The minimum Gasteiger partial charge on any atom is -0.312 e. The van der Waals surface area contributed by atoms with Gasteiger partial charge in [-0.2, -0.15) is 0 Å². The highest BCUT2D eigenvalue weighted by Crippen LogP contribution is 2.18. The van der Waals surface area contributed by atoms with E-state index >= 15 is 0 Å². The number of alkyl halides is 1. The van der Waals surface area contributed by atoms with Gasteiger partial charge in [0, 0.05) is 17.5 Å². The Morgan fingerprint density at radius 1 is 1.38 bits per heavy atom. The molecule has 0 radical (unpaired) electrons. The molecule has 2 nitrogen and oxygen atoms in total. The van der Waals surface area contributed by atoms with E-state index in [0.717, 1.165) is 24.9 Å². The van der Waals surface area contributed by atoms with Crippen LogP contribution in [-0.2, 0) is 0 Å². The fraction of sp³-hybridized carbons (Fsp3) is 1.00. The van der Waals surface area contributed by atoms with E-state index in [1.165, 1.54) is 32.2 Å². The van der Waals surface area contributed by atoms with Gasteiger partial charge in [-0.25, -0.2) is 0 Å². The summed E-state index contributed by atoms with van der Waals surface area (Å²) >= 11 is 5.79. The molecule has 0 aromatic carbocycles. The molecule has 16 heavy (non-hydrogen) atoms. The molecule has 1 saturated heterocycles. The minimum atomic E-state index is 0.189. The molecule has 0 aromatic rings. The molecule has 1 heterocycles. The van der Waals surface area contributed by atoms with Crippen LogP contribution in [0.4, 0.5) is 0 Å². The Bertz CT molecular complexity index is 194. The SMILES string of the molecule is CN1CCCCC1CCNC(C)(C)CCCl. The standard InChI is InChI=1S/C13H27ClN2/c1-13(2,8-9-14)15-10-7-12-6-4-5-11-16(12)3/h12,15H,4-11H2,1-3H3. The van der Waals surface area contributed by atoms with Gasteiger partial charge in [0.15, 0.2) is 0 Å². The minimum absolute atomic E-state index is 0.189. The van der Waals surface area contributed by atoms with E-state index in [2.05, 4.69) is 31.1 Å². The molecule has 1 fully saturated rings. The van der Waals surface area contributed by atoms with Gasteiger partial charge in [0.05, 0.1) is 0 Å². The summed E-state index contributed by atoms with van der Waals surface area (Å²) in [6, 6.07) is 0.785. The van der Waals surface area contributed by atoms with Crippen molar-refractivity contribution in [3.63, 3.8) is 0 Å². The predicted molar refractivity (Wildman–Crippen MR) is 72.3 cm³/mol. The zero-order chi connectivity index (χ0) is 12.0. The van der Waals surface area contributed by atoms with Crippen molar-refractivity contribution in [1.82, 2.24) is 10.2 Å². The fourth-order valence-corrected chi connectivity index (χ4v) is 2.88. The van der Waals surface area contributed by atoms with Gasteiger partial charge in [0.1, 0.15) is 0 Å². The summed E-state index contributed by atoms with van der Waals surface area (Å²) in [5.74, 6) is 0.739. The van der Waals surface area contributed by atoms with Crippen LogP contribution in [0.3, 0.4) is 0 Å². The van der Waals surface area contributed by atoms with Crippen molar-refractivity contribution in [2.45, 2.75) is 57.5 Å². The van der Waals surface area contributed by atoms with Crippen LogP contribution in [0.25, 0.3) is 0 Å². The summed E-state index contributed by atoms with van der Waals surface area (Å²) in [6.07, 6.45) is 6.45. The average Bonchev–Trinajstić information content (AvgIpc) is 2.20. The molecule has 0 amide bonds. The number of rotatable bonds is 6. The molecule has 0 saturated carbocycles. The average molecular weight is 247 g/mol. The molecular weight excluding hydrogens is 220 g/mol. The molecule has 0 bridgehead atoms. The van der Waals surface area contributed by atoms with E-state index in [1.807, 2.05) is 0 Å². The lowest BCUT2D eigenvalue weighted by Crippen LogP contribution is -2.43. The van der Waals surface area contributed by atoms with Crippen molar-refractivity contribution in [3.8, 4) is 0 Å². The summed E-state index contributed by atoms with van der Waals surface area (Å²) in [6.45, 7) is 6.86. The first-order valence-electron chi connectivity index (χ1n) is 6.56. The van der Waals surface area contributed by atoms with Crippen LogP contribution in [0.1, 0.15) is 46.0 Å². The second kappa shape index (κ2) is 6.83. The highest BCUT2D eigenvalue weighted by molar-refractivity contribution is 6.17. The summed E-state index contributed by atoms with van der Waals surface area (Å²) in [4.78, 5) is 2.51. The van der Waals surface area contributed by atoms with Gasteiger partial charge in [0.2, 0.25) is 0 Å². The van der Waals surface area contributed by atoms with Crippen molar-refractivity contribution < 1.29 is 0 Å². The van der Waals surface area contributed by atoms with Gasteiger partial charge >= 0.3 is 0 Å². The first-order valence-corrected chi connectivity index (χ1v) is 7.10. The predicted octanol–water partition coefficient (Wildman–Crippen LogP) is 2.86. The number of piperidine rings is 1. The Labute approximate surface area is 106 Å². The first-order chi connectivity index (χ1) is 7.55. The molecule has 0 aromatic heterocycles. The Morgan fingerprint density at radius 3 is 2.75 bits per heavy atom. The van der Waals surface area contributed by atoms with Crippen molar-refractivity contribution in [2.75, 3.05) is 26.0 Å². The number of nitrogens with one attached hydrogen (secondary N) is 1. The third kappa shape index (κ3) is 5.03. The van der Waals surface area contributed by atoms with Gasteiger partial charge in [-0.15, -0.1) is 11.6 Å². The van der Waals surface area contributed by atoms with Gasteiger partial charge in [-0.05, 0) is 59.7 Å². The Kier molecular flexibility index (Phi) is 6.09. The maximum absolute atomic E-state index is 5.79. The topological polar surface area (TPSA) is 15.3 Å². The van der Waals surface area contributed by atoms with Crippen LogP contribution in [0, 0.1) is 0 Å². The second-order valence-corrected chi connectivity index (χ2v) is 6.05. The molecule has 0 aliphatic carbocycles. The van der Waals surface area contributed by atoms with E-state index < -0.39 is 0 Å². The van der Waals surface area contributed by atoms with Crippen LogP contribution < -0.4 is 5.32 Å². The maximum Gasteiger partial charge on any atom is 0.0240 e. The largest absolute Gasteiger partial charge is 0.312 e. The fourth-order valence-electron chi connectivity index (χ4n) is 2.41. The Hall–Kier alpha value is 0.210. The second-order valence-electron chi connectivity index (χ2n) is 5.67. The highest BCUT2D eigenvalue weighted by atomic mass is 35.5. The third-order valence-electron chi connectivity index (χ3n) is 3.72. The van der Waals surface area contributed by atoms with E-state index in [1.54, 1.807) is 0 Å². The molecule has 1 rings (SSSR count). The summed E-state index contributed by atoms with van der Waals surface area (Å²) in [5, 5.41) is 3.62. The number of hydrogen-bond acceptors (Lipinski definition) is 2. The molecule has 1 N–H and O–H groups in total. The van der Waals surface area contributed by atoms with Crippen LogP contribution in [0.5, 0.6) is 0 Å². The number of likely N-dealkylation sites (tertiary alicyclic amines) is 1. The van der Waals surface area contributed by atoms with Gasteiger partial charge in [-0.3, -0.25) is 0 Å². The first kappa shape index (κ1) is 14.3. The maximum atomic E-state index is 5.79. The Morgan fingerprint density at radius 2 is 2.12 bits per heavy atom. The molecule has 1 atom stereocenters. The van der Waals surface area contributed by atoms with Crippen molar-refractivity contribution in [3.05, 3.63) is 0 Å². The lowest BCUT2D eigenvalue weighted by atomic mass is 9.98. The molecular formula is C13H27ClN2. The molecule has 1 aliphatic heterocycles. The number of halogens is 1. The third-order valence-corrected chi connectivity index (χ3v) is 3.91. The normalized spacial score (nSPS) is 23.6. The molecule has 1 unspecified atom stereocenters. The molecule has 96 valence electrons. The van der Waals surface area contributed by atoms with Crippen LogP contribution in [-0.4, -0.2) is 42.5 Å². The van der Waals surface area contributed by atoms with E-state index in [0.29, 0.717) is 0 Å². The van der Waals surface area contributed by atoms with Crippen LogP contribution in [0.2, 0.25) is 0 Å². The van der Waals surface area contributed by atoms with E-state index in [-0.39, 0.29) is 5.54 Å². The number of hydrogen-bond donors (Lipinski definition) is 1. The quantitative estimate of drug-likeness (QED) is 0.725. The van der Waals surface area contributed by atoms with Gasteiger partial charge < -0.3 is 10.2 Å². The summed E-state index contributed by atoms with van der Waals surface area (Å²) < 4.78 is 0. The zero-order valence-corrected chi connectivity index (χ0v) is 11.8. The number of nitrogens with zero attached hydrogens (tertiary/aromatic N) is 1. The summed E-state index contributed by atoms with van der Waals surface area (Å²) in [7, 11) is 2.26. The zero-order valence-electron chi connectivity index (χ0n) is 11.1. The van der Waals surface area contributed by atoms with Crippen molar-refractivity contribution >= 4 is 11.6 Å². The molecule has 1 aliphatic rings. The Balaban J connectivity index is 2.18. The summed E-state index contributed by atoms with van der Waals surface area (Å²) in [5.41, 5.74) is 0.189. The van der Waals surface area contributed by atoms with Gasteiger partial charge in [0.25, 0.3) is 0 Å². The molecule has 3 heteroatoms. The van der Waals surface area contributed by atoms with Gasteiger partial charge in [-0.1, -0.05) is 6.42 Å². The van der Waals surface area contributed by atoms with Crippen molar-refractivity contribution in [1.29, 1.82) is 0 Å². The van der Waals surface area contributed by atoms with E-state index in [4.69, 9.17) is 11.6 Å². The van der Waals surface area contributed by atoms with Crippen molar-refractivity contribution in [2.24, 2.45) is 0 Å². The van der Waals surface area contributed by atoms with E-state index in [9.17, 15) is 0 Å². The molecule has 0 spiro atoms.